The van der Waals surface area contributed by atoms with E-state index in [9.17, 15) is 0 Å². The van der Waals surface area contributed by atoms with Crippen LogP contribution >= 0.6 is 0 Å². The van der Waals surface area contributed by atoms with Gasteiger partial charge in [-0.1, -0.05) is 12.1 Å². The standard InChI is InChI=1S/C23H21N7O2/c1-2-31-23-29-21(25-14-18-6-4-10-32-18)28-22(30-23)26-17-8-7-15-11-19(27-20(15)12-17)16-5-3-9-24-13-16/h3-10,12-13H,2,11,14H2,1H3,(H2,25,26,28,29,30). The molecule has 0 fully saturated rings. The number of furan rings is 1. The maximum atomic E-state index is 5.51. The zero-order valence-corrected chi connectivity index (χ0v) is 17.4. The average Bonchev–Trinajstić information content (AvgIpc) is 3.48. The molecule has 4 aromatic rings. The number of aromatic nitrogens is 4. The molecule has 0 amide bonds. The Balaban J connectivity index is 1.36. The minimum atomic E-state index is 0.241. The number of hydrogen-bond acceptors (Lipinski definition) is 9. The molecule has 0 atom stereocenters. The lowest BCUT2D eigenvalue weighted by molar-refractivity contribution is 0.312. The van der Waals surface area contributed by atoms with Gasteiger partial charge in [-0.3, -0.25) is 9.98 Å². The van der Waals surface area contributed by atoms with E-state index >= 15 is 0 Å². The van der Waals surface area contributed by atoms with Gasteiger partial charge in [0.15, 0.2) is 0 Å². The summed E-state index contributed by atoms with van der Waals surface area (Å²) in [6.45, 7) is 2.78. The summed E-state index contributed by atoms with van der Waals surface area (Å²) in [6, 6.07) is 13.9. The SMILES string of the molecule is CCOc1nc(NCc2ccco2)nc(Nc2ccc3c(c2)N=C(c2cccnc2)C3)n1. The fourth-order valence-corrected chi connectivity index (χ4v) is 3.35. The molecule has 3 aromatic heterocycles. The fraction of sp³-hybridized carbons (Fsp3) is 0.174. The maximum absolute atomic E-state index is 5.51. The van der Waals surface area contributed by atoms with Crippen molar-refractivity contribution < 1.29 is 9.15 Å². The summed E-state index contributed by atoms with van der Waals surface area (Å²) in [5, 5.41) is 6.37. The minimum Gasteiger partial charge on any atom is -0.467 e. The Labute approximate surface area is 184 Å². The molecular formula is C23H21N7O2. The first kappa shape index (κ1) is 19.7. The molecule has 0 spiro atoms. The molecule has 0 bridgehead atoms. The lowest BCUT2D eigenvalue weighted by atomic mass is 10.1. The number of aliphatic imine (C=N–C) groups is 1. The van der Waals surface area contributed by atoms with E-state index in [1.54, 1.807) is 12.5 Å². The summed E-state index contributed by atoms with van der Waals surface area (Å²) in [4.78, 5) is 22.1. The lowest BCUT2D eigenvalue weighted by Crippen LogP contribution is -2.09. The van der Waals surface area contributed by atoms with Gasteiger partial charge in [-0.2, -0.15) is 15.0 Å². The second-order valence-electron chi connectivity index (χ2n) is 7.08. The van der Waals surface area contributed by atoms with Gasteiger partial charge >= 0.3 is 6.01 Å². The van der Waals surface area contributed by atoms with Crippen molar-refractivity contribution in [1.82, 2.24) is 19.9 Å². The maximum Gasteiger partial charge on any atom is 0.323 e. The molecule has 9 nitrogen and oxygen atoms in total. The summed E-state index contributed by atoms with van der Waals surface area (Å²) in [7, 11) is 0. The second-order valence-corrected chi connectivity index (χ2v) is 7.08. The number of anilines is 3. The topological polar surface area (TPSA) is 110 Å². The van der Waals surface area contributed by atoms with Gasteiger partial charge in [-0.25, -0.2) is 0 Å². The van der Waals surface area contributed by atoms with Crippen molar-refractivity contribution in [3.8, 4) is 6.01 Å². The van der Waals surface area contributed by atoms with Crippen molar-refractivity contribution in [3.63, 3.8) is 0 Å². The first-order valence-corrected chi connectivity index (χ1v) is 10.3. The van der Waals surface area contributed by atoms with E-state index < -0.39 is 0 Å². The predicted molar refractivity (Wildman–Crippen MR) is 121 cm³/mol. The number of nitrogens with one attached hydrogen (secondary N) is 2. The van der Waals surface area contributed by atoms with Gasteiger partial charge in [-0.15, -0.1) is 0 Å². The second kappa shape index (κ2) is 8.84. The molecule has 0 saturated heterocycles. The molecule has 1 aromatic carbocycles. The van der Waals surface area contributed by atoms with Crippen LogP contribution in [0.4, 0.5) is 23.3 Å². The van der Waals surface area contributed by atoms with Crippen molar-refractivity contribution in [2.45, 2.75) is 19.9 Å². The van der Waals surface area contributed by atoms with E-state index in [0.717, 1.165) is 34.8 Å². The predicted octanol–water partition coefficient (Wildman–Crippen LogP) is 4.29. The van der Waals surface area contributed by atoms with Gasteiger partial charge in [0.05, 0.1) is 30.8 Å². The molecular weight excluding hydrogens is 406 g/mol. The number of pyridine rings is 1. The van der Waals surface area contributed by atoms with Crippen molar-refractivity contribution in [3.05, 3.63) is 78.0 Å². The van der Waals surface area contributed by atoms with Crippen molar-refractivity contribution in [2.24, 2.45) is 4.99 Å². The Hall–Kier alpha value is -4.27. The molecule has 9 heteroatoms. The number of hydrogen-bond donors (Lipinski definition) is 2. The summed E-state index contributed by atoms with van der Waals surface area (Å²) >= 11 is 0. The van der Waals surface area contributed by atoms with Gasteiger partial charge in [0.2, 0.25) is 11.9 Å². The quantitative estimate of drug-likeness (QED) is 0.428. The lowest BCUT2D eigenvalue weighted by Gasteiger charge is -2.10. The van der Waals surface area contributed by atoms with E-state index in [1.807, 2.05) is 49.5 Å². The highest BCUT2D eigenvalue weighted by molar-refractivity contribution is 6.06. The molecule has 0 radical (unpaired) electrons. The number of fused-ring (bicyclic) bond motifs is 1. The molecule has 1 aliphatic heterocycles. The van der Waals surface area contributed by atoms with E-state index in [-0.39, 0.29) is 6.01 Å². The molecule has 2 N–H and O–H groups in total. The first-order chi connectivity index (χ1) is 15.8. The molecule has 4 heterocycles. The van der Waals surface area contributed by atoms with Crippen molar-refractivity contribution in [2.75, 3.05) is 17.2 Å². The first-order valence-electron chi connectivity index (χ1n) is 10.3. The number of ether oxygens (including phenoxy) is 1. The van der Waals surface area contributed by atoms with Crippen LogP contribution in [0, 0.1) is 0 Å². The van der Waals surface area contributed by atoms with Crippen LogP contribution in [0.1, 0.15) is 23.8 Å². The Morgan fingerprint density at radius 3 is 2.81 bits per heavy atom. The largest absolute Gasteiger partial charge is 0.467 e. The Bertz CT molecular complexity index is 1240. The minimum absolute atomic E-state index is 0.241. The average molecular weight is 427 g/mol. The molecule has 0 aliphatic carbocycles. The third-order valence-electron chi connectivity index (χ3n) is 4.84. The Kier molecular flexibility index (Phi) is 5.44. The smallest absolute Gasteiger partial charge is 0.323 e. The van der Waals surface area contributed by atoms with Gasteiger partial charge in [0.25, 0.3) is 0 Å². The van der Waals surface area contributed by atoms with Crippen LogP contribution < -0.4 is 15.4 Å². The zero-order chi connectivity index (χ0) is 21.8. The summed E-state index contributed by atoms with van der Waals surface area (Å²) in [5.74, 6) is 1.54. The van der Waals surface area contributed by atoms with Crippen LogP contribution in [-0.4, -0.2) is 32.3 Å². The van der Waals surface area contributed by atoms with Gasteiger partial charge in [0.1, 0.15) is 5.76 Å². The third kappa shape index (κ3) is 4.41. The normalized spacial score (nSPS) is 12.2. The van der Waals surface area contributed by atoms with Gasteiger partial charge in [0, 0.05) is 30.1 Å². The van der Waals surface area contributed by atoms with Crippen LogP contribution in [-0.2, 0) is 13.0 Å². The molecule has 0 unspecified atom stereocenters. The van der Waals surface area contributed by atoms with Crippen LogP contribution in [0.25, 0.3) is 0 Å². The highest BCUT2D eigenvalue weighted by Crippen LogP contribution is 2.32. The summed E-state index contributed by atoms with van der Waals surface area (Å²) < 4.78 is 10.9. The molecule has 32 heavy (non-hydrogen) atoms. The molecule has 0 saturated carbocycles. The number of rotatable bonds is 8. The Morgan fingerprint density at radius 2 is 2.00 bits per heavy atom. The monoisotopic (exact) mass is 427 g/mol. The van der Waals surface area contributed by atoms with Crippen LogP contribution in [0.5, 0.6) is 6.01 Å². The van der Waals surface area contributed by atoms with E-state index in [4.69, 9.17) is 14.1 Å². The number of nitrogens with zero attached hydrogens (tertiary/aromatic N) is 5. The number of benzene rings is 1. The fourth-order valence-electron chi connectivity index (χ4n) is 3.35. The van der Waals surface area contributed by atoms with Crippen LogP contribution in [0.2, 0.25) is 0 Å². The highest BCUT2D eigenvalue weighted by atomic mass is 16.5. The zero-order valence-electron chi connectivity index (χ0n) is 17.4. The highest BCUT2D eigenvalue weighted by Gasteiger charge is 2.17. The van der Waals surface area contributed by atoms with Gasteiger partial charge in [-0.05, 0) is 42.8 Å². The molecule has 160 valence electrons. The van der Waals surface area contributed by atoms with Crippen LogP contribution in [0.3, 0.4) is 0 Å². The van der Waals surface area contributed by atoms with Gasteiger partial charge < -0.3 is 19.8 Å². The van der Waals surface area contributed by atoms with Crippen molar-refractivity contribution in [1.29, 1.82) is 0 Å². The molecule has 1 aliphatic rings. The summed E-state index contributed by atoms with van der Waals surface area (Å²) in [6.07, 6.45) is 6.00. The molecule has 5 rings (SSSR count). The Morgan fingerprint density at radius 1 is 1.06 bits per heavy atom. The van der Waals surface area contributed by atoms with Crippen LogP contribution in [0.15, 0.2) is 70.5 Å². The third-order valence-corrected chi connectivity index (χ3v) is 4.84. The summed E-state index contributed by atoms with van der Waals surface area (Å²) in [5.41, 5.74) is 4.95. The van der Waals surface area contributed by atoms with E-state index in [2.05, 4.69) is 36.6 Å². The van der Waals surface area contributed by atoms with E-state index in [0.29, 0.717) is 25.0 Å². The van der Waals surface area contributed by atoms with E-state index in [1.165, 1.54) is 5.56 Å². The van der Waals surface area contributed by atoms with Crippen molar-refractivity contribution >= 4 is 29.0 Å².